The summed E-state index contributed by atoms with van der Waals surface area (Å²) >= 11 is 12.6. The van der Waals surface area contributed by atoms with Crippen molar-refractivity contribution < 1.29 is 28.5 Å². The second kappa shape index (κ2) is 12.6. The summed E-state index contributed by atoms with van der Waals surface area (Å²) in [6.45, 7) is 0.103. The fourth-order valence-electron chi connectivity index (χ4n) is 3.84. The Labute approximate surface area is 248 Å². The molecular formula is C28H24Br2N2O6S. The third-order valence-corrected chi connectivity index (χ3v) is 7.35. The molecule has 0 saturated carbocycles. The lowest BCUT2D eigenvalue weighted by Crippen LogP contribution is -2.35. The zero-order valence-electron chi connectivity index (χ0n) is 21.3. The van der Waals surface area contributed by atoms with Crippen LogP contribution in [0.25, 0.3) is 6.08 Å². The van der Waals surface area contributed by atoms with Gasteiger partial charge in [0, 0.05) is 4.47 Å². The van der Waals surface area contributed by atoms with E-state index in [-0.39, 0.29) is 23.3 Å². The number of anilines is 1. The molecule has 0 spiro atoms. The van der Waals surface area contributed by atoms with E-state index in [1.54, 1.807) is 49.6 Å². The van der Waals surface area contributed by atoms with Crippen molar-refractivity contribution in [1.29, 1.82) is 0 Å². The van der Waals surface area contributed by atoms with E-state index in [2.05, 4.69) is 31.9 Å². The first-order valence-corrected chi connectivity index (χ1v) is 13.6. The molecule has 3 aromatic carbocycles. The molecule has 1 fully saturated rings. The number of ether oxygens (including phenoxy) is 4. The van der Waals surface area contributed by atoms with Gasteiger partial charge in [0.05, 0.1) is 31.5 Å². The number of nitrogens with zero attached hydrogens (tertiary/aromatic N) is 2. The molecule has 11 heteroatoms. The summed E-state index contributed by atoms with van der Waals surface area (Å²) < 4.78 is 23.3. The highest BCUT2D eigenvalue weighted by Gasteiger charge is 2.40. The van der Waals surface area contributed by atoms with E-state index in [1.807, 2.05) is 24.3 Å². The first-order chi connectivity index (χ1) is 18.7. The number of rotatable bonds is 9. The molecule has 1 heterocycles. The number of benzene rings is 3. The largest absolute Gasteiger partial charge is 0.497 e. The second-order valence-electron chi connectivity index (χ2n) is 8.26. The monoisotopic (exact) mass is 674 g/mol. The number of halogens is 2. The molecule has 1 aliphatic rings. The Morgan fingerprint density at radius 3 is 2.28 bits per heavy atom. The normalized spacial score (nSPS) is 14.1. The van der Waals surface area contributed by atoms with Gasteiger partial charge in [-0.05, 0) is 93.9 Å². The molecule has 3 aromatic rings. The number of methoxy groups -OCH3 is 3. The molecule has 0 unspecified atom stereocenters. The molecule has 202 valence electrons. The molecule has 0 bridgehead atoms. The van der Waals surface area contributed by atoms with Crippen LogP contribution in [0.4, 0.5) is 5.69 Å². The van der Waals surface area contributed by atoms with E-state index in [9.17, 15) is 9.59 Å². The van der Waals surface area contributed by atoms with Crippen LogP contribution in [0.15, 0.2) is 75.3 Å². The molecule has 1 aliphatic heterocycles. The van der Waals surface area contributed by atoms with Crippen molar-refractivity contribution in [2.45, 2.75) is 6.61 Å². The van der Waals surface area contributed by atoms with Gasteiger partial charge in [-0.2, -0.15) is 0 Å². The van der Waals surface area contributed by atoms with E-state index >= 15 is 0 Å². The van der Waals surface area contributed by atoms with Crippen LogP contribution < -0.4 is 19.1 Å². The maximum Gasteiger partial charge on any atom is 0.325 e. The summed E-state index contributed by atoms with van der Waals surface area (Å²) in [7, 11) is 4.38. The number of amides is 1. The molecule has 8 nitrogen and oxygen atoms in total. The number of carbonyl (C=O) groups is 2. The van der Waals surface area contributed by atoms with Gasteiger partial charge in [-0.1, -0.05) is 28.1 Å². The summed E-state index contributed by atoms with van der Waals surface area (Å²) in [4.78, 5) is 28.6. The molecule has 4 rings (SSSR count). The minimum Gasteiger partial charge on any atom is -0.497 e. The van der Waals surface area contributed by atoms with Gasteiger partial charge in [-0.15, -0.1) is 0 Å². The summed E-state index contributed by atoms with van der Waals surface area (Å²) in [5.74, 6) is 0.690. The molecular weight excluding hydrogens is 652 g/mol. The molecule has 1 amide bonds. The Morgan fingerprint density at radius 2 is 1.67 bits per heavy atom. The van der Waals surface area contributed by atoms with E-state index < -0.39 is 5.97 Å². The first-order valence-electron chi connectivity index (χ1n) is 11.6. The Hall–Kier alpha value is -3.41. The Bertz CT molecular complexity index is 1430. The third-order valence-electron chi connectivity index (χ3n) is 5.83. The van der Waals surface area contributed by atoms with Gasteiger partial charge in [0.25, 0.3) is 5.91 Å². The smallest absolute Gasteiger partial charge is 0.325 e. The lowest BCUT2D eigenvalue weighted by Gasteiger charge is -2.19. The van der Waals surface area contributed by atoms with Gasteiger partial charge in [0.15, 0.2) is 16.6 Å². The standard InChI is InChI=1S/C28H24Br2N2O6S/c1-35-21-10-8-20(9-11-21)32-27(34)23(31(28(32)39)15-25(33)37-3)13-18-12-22(30)26(24(14-18)36-2)38-16-17-4-6-19(29)7-5-17/h4-14H,15-16H2,1-3H3/b23-13-. The van der Waals surface area contributed by atoms with Gasteiger partial charge < -0.3 is 23.8 Å². The zero-order valence-corrected chi connectivity index (χ0v) is 25.3. The van der Waals surface area contributed by atoms with E-state index in [0.717, 1.165) is 10.0 Å². The van der Waals surface area contributed by atoms with E-state index in [4.69, 9.17) is 31.2 Å². The van der Waals surface area contributed by atoms with Gasteiger partial charge in [-0.25, -0.2) is 0 Å². The average molecular weight is 676 g/mol. The minimum absolute atomic E-state index is 0.155. The van der Waals surface area contributed by atoms with Crippen molar-refractivity contribution in [1.82, 2.24) is 4.90 Å². The van der Waals surface area contributed by atoms with Crippen molar-refractivity contribution in [3.05, 3.63) is 86.4 Å². The number of hydrogen-bond acceptors (Lipinski definition) is 7. The molecule has 39 heavy (non-hydrogen) atoms. The third kappa shape index (κ3) is 6.43. The van der Waals surface area contributed by atoms with Gasteiger partial charge in [-0.3, -0.25) is 14.5 Å². The number of esters is 1. The fourth-order valence-corrected chi connectivity index (χ4v) is 5.03. The Kier molecular flexibility index (Phi) is 9.26. The summed E-state index contributed by atoms with van der Waals surface area (Å²) in [5.41, 5.74) is 2.37. The molecule has 0 aliphatic carbocycles. The summed E-state index contributed by atoms with van der Waals surface area (Å²) in [6, 6.07) is 18.3. The molecule has 0 N–H and O–H groups in total. The minimum atomic E-state index is -0.539. The Morgan fingerprint density at radius 1 is 0.974 bits per heavy atom. The topological polar surface area (TPSA) is 77.5 Å². The second-order valence-corrected chi connectivity index (χ2v) is 10.4. The SMILES string of the molecule is COC(=O)CN1C(=S)N(c2ccc(OC)cc2)C(=O)/C1=C/c1cc(Br)c(OCc2ccc(Br)cc2)c(OC)c1. The molecule has 0 atom stereocenters. The lowest BCUT2D eigenvalue weighted by molar-refractivity contribution is -0.140. The van der Waals surface area contributed by atoms with Crippen molar-refractivity contribution in [3.8, 4) is 17.2 Å². The highest BCUT2D eigenvalue weighted by atomic mass is 79.9. The predicted octanol–water partition coefficient (Wildman–Crippen LogP) is 5.96. The highest BCUT2D eigenvalue weighted by Crippen LogP contribution is 2.39. The highest BCUT2D eigenvalue weighted by molar-refractivity contribution is 9.10. The van der Waals surface area contributed by atoms with E-state index in [0.29, 0.717) is 39.6 Å². The quantitative estimate of drug-likeness (QED) is 0.156. The van der Waals surface area contributed by atoms with Crippen LogP contribution in [0.5, 0.6) is 17.2 Å². The number of hydrogen-bond donors (Lipinski definition) is 0. The van der Waals surface area contributed by atoms with Gasteiger partial charge in [0.1, 0.15) is 24.6 Å². The maximum atomic E-state index is 13.6. The lowest BCUT2D eigenvalue weighted by atomic mass is 10.1. The van der Waals surface area contributed by atoms with Crippen LogP contribution in [0.3, 0.4) is 0 Å². The number of carbonyl (C=O) groups excluding carboxylic acids is 2. The van der Waals surface area contributed by atoms with Crippen LogP contribution in [0.1, 0.15) is 11.1 Å². The van der Waals surface area contributed by atoms with Crippen LogP contribution >= 0.6 is 44.1 Å². The van der Waals surface area contributed by atoms with Gasteiger partial charge >= 0.3 is 5.97 Å². The van der Waals surface area contributed by atoms with E-state index in [1.165, 1.54) is 24.0 Å². The van der Waals surface area contributed by atoms with Crippen LogP contribution in [0.2, 0.25) is 0 Å². The van der Waals surface area contributed by atoms with Crippen LogP contribution in [-0.4, -0.2) is 49.8 Å². The predicted molar refractivity (Wildman–Crippen MR) is 159 cm³/mol. The van der Waals surface area contributed by atoms with Crippen molar-refractivity contribution in [2.24, 2.45) is 0 Å². The zero-order chi connectivity index (χ0) is 28.1. The maximum absolute atomic E-state index is 13.6. The van der Waals surface area contributed by atoms with Crippen LogP contribution in [-0.2, 0) is 20.9 Å². The van der Waals surface area contributed by atoms with Crippen molar-refractivity contribution >= 4 is 72.8 Å². The molecule has 1 saturated heterocycles. The Balaban J connectivity index is 1.68. The summed E-state index contributed by atoms with van der Waals surface area (Å²) in [6.07, 6.45) is 1.65. The number of thiocarbonyl (C=S) groups is 1. The summed E-state index contributed by atoms with van der Waals surface area (Å²) in [5, 5.41) is 0.155. The molecule has 0 radical (unpaired) electrons. The van der Waals surface area contributed by atoms with Crippen molar-refractivity contribution in [2.75, 3.05) is 32.8 Å². The fraction of sp³-hybridized carbons (Fsp3) is 0.179. The van der Waals surface area contributed by atoms with Crippen LogP contribution in [0, 0.1) is 0 Å². The van der Waals surface area contributed by atoms with Crippen molar-refractivity contribution in [3.63, 3.8) is 0 Å². The average Bonchev–Trinajstić information content (AvgIpc) is 3.16. The molecule has 0 aromatic heterocycles. The first kappa shape index (κ1) is 28.6. The van der Waals surface area contributed by atoms with Gasteiger partial charge in [0.2, 0.25) is 0 Å².